The topological polar surface area (TPSA) is 59.1 Å². The Morgan fingerprint density at radius 3 is 2.55 bits per heavy atom. The minimum atomic E-state index is 0.0882. The van der Waals surface area contributed by atoms with Crippen LogP contribution >= 0.6 is 11.3 Å². The van der Waals surface area contributed by atoms with Gasteiger partial charge in [0.15, 0.2) is 0 Å². The lowest BCUT2D eigenvalue weighted by molar-refractivity contribution is 0.282. The molecule has 0 amide bonds. The van der Waals surface area contributed by atoms with E-state index in [1.807, 2.05) is 12.4 Å². The fourth-order valence-electron chi connectivity index (χ4n) is 2.28. The molecule has 0 saturated heterocycles. The van der Waals surface area contributed by atoms with Gasteiger partial charge in [-0.1, -0.05) is 37.1 Å². The first-order valence-corrected chi connectivity index (χ1v) is 7.97. The maximum absolute atomic E-state index is 8.76. The molecule has 0 fully saturated rings. The van der Waals surface area contributed by atoms with Crippen LogP contribution in [0.4, 0.5) is 0 Å². The highest BCUT2D eigenvalue weighted by molar-refractivity contribution is 7.13. The predicted molar refractivity (Wildman–Crippen MR) is 84.8 cm³/mol. The molecular weight excluding hydrogens is 268 g/mol. The summed E-state index contributed by atoms with van der Waals surface area (Å²) in [7, 11) is 0. The zero-order chi connectivity index (χ0) is 14.4. The first kappa shape index (κ1) is 15.2. The van der Waals surface area contributed by atoms with Crippen molar-refractivity contribution in [3.05, 3.63) is 41.0 Å². The number of nitrogens with two attached hydrogens (primary N) is 1. The minimum absolute atomic E-state index is 0.0882. The number of benzene rings is 1. The van der Waals surface area contributed by atoms with E-state index in [9.17, 15) is 0 Å². The molecule has 3 nitrogen and oxygen atoms in total. The number of rotatable bonds is 7. The van der Waals surface area contributed by atoms with Gasteiger partial charge in [0.25, 0.3) is 0 Å². The average molecular weight is 290 g/mol. The lowest BCUT2D eigenvalue weighted by Crippen LogP contribution is -2.10. The molecule has 0 unspecified atom stereocenters. The van der Waals surface area contributed by atoms with Crippen LogP contribution in [0.25, 0.3) is 10.4 Å². The van der Waals surface area contributed by atoms with E-state index in [-0.39, 0.29) is 12.6 Å². The molecule has 0 bridgehead atoms. The van der Waals surface area contributed by atoms with Crippen molar-refractivity contribution >= 4 is 11.3 Å². The Bertz CT molecular complexity index is 522. The summed E-state index contributed by atoms with van der Waals surface area (Å²) in [6, 6.07) is 8.58. The molecule has 0 radical (unpaired) electrons. The van der Waals surface area contributed by atoms with Gasteiger partial charge in [0.05, 0.1) is 16.1 Å². The van der Waals surface area contributed by atoms with Gasteiger partial charge in [0, 0.05) is 12.6 Å². The smallest absolute Gasteiger partial charge is 0.0801 e. The van der Waals surface area contributed by atoms with Crippen LogP contribution in [0, 0.1) is 6.92 Å². The molecule has 1 aromatic heterocycles. The Labute approximate surface area is 124 Å². The van der Waals surface area contributed by atoms with E-state index in [4.69, 9.17) is 10.8 Å². The van der Waals surface area contributed by atoms with Gasteiger partial charge in [-0.2, -0.15) is 0 Å². The fraction of sp³-hybridized carbons (Fsp3) is 0.438. The number of aromatic nitrogens is 1. The summed E-state index contributed by atoms with van der Waals surface area (Å²) >= 11 is 1.67. The van der Waals surface area contributed by atoms with Crippen molar-refractivity contribution in [3.63, 3.8) is 0 Å². The standard InChI is InChI=1S/C16H22N2OS/c1-12-16(20-11-18-12)14-8-6-13(7-9-14)15(17)5-3-2-4-10-19/h6-9,11,15,19H,2-5,10,17H2,1H3/t15-/m0/s1. The van der Waals surface area contributed by atoms with Gasteiger partial charge in [0.1, 0.15) is 0 Å². The molecule has 3 N–H and O–H groups in total. The highest BCUT2D eigenvalue weighted by Crippen LogP contribution is 2.28. The van der Waals surface area contributed by atoms with Crippen molar-refractivity contribution in [2.24, 2.45) is 5.73 Å². The third-order valence-electron chi connectivity index (χ3n) is 3.52. The van der Waals surface area contributed by atoms with Gasteiger partial charge in [-0.3, -0.25) is 0 Å². The first-order valence-electron chi connectivity index (χ1n) is 7.09. The Balaban J connectivity index is 1.96. The molecule has 0 aliphatic heterocycles. The minimum Gasteiger partial charge on any atom is -0.396 e. The summed E-state index contributed by atoms with van der Waals surface area (Å²) in [5, 5.41) is 8.76. The molecule has 1 heterocycles. The number of hydrogen-bond acceptors (Lipinski definition) is 4. The predicted octanol–water partition coefficient (Wildman–Crippen LogP) is 3.67. The van der Waals surface area contributed by atoms with Crippen LogP contribution < -0.4 is 5.73 Å². The number of unbranched alkanes of at least 4 members (excludes halogenated alkanes) is 2. The van der Waals surface area contributed by atoms with E-state index >= 15 is 0 Å². The zero-order valence-electron chi connectivity index (χ0n) is 11.9. The van der Waals surface area contributed by atoms with Crippen molar-refractivity contribution in [1.29, 1.82) is 0 Å². The van der Waals surface area contributed by atoms with Crippen LogP contribution in [0.2, 0.25) is 0 Å². The van der Waals surface area contributed by atoms with Gasteiger partial charge in [0.2, 0.25) is 0 Å². The summed E-state index contributed by atoms with van der Waals surface area (Å²) < 4.78 is 0. The molecule has 0 aliphatic rings. The Kier molecular flexibility index (Phi) is 5.71. The van der Waals surface area contributed by atoms with E-state index in [0.29, 0.717) is 0 Å². The molecule has 1 aromatic carbocycles. The van der Waals surface area contributed by atoms with E-state index in [2.05, 4.69) is 29.2 Å². The van der Waals surface area contributed by atoms with Crippen LogP contribution in [0.5, 0.6) is 0 Å². The largest absolute Gasteiger partial charge is 0.396 e. The first-order chi connectivity index (χ1) is 9.72. The average Bonchev–Trinajstić information content (AvgIpc) is 2.90. The fourth-order valence-corrected chi connectivity index (χ4v) is 3.09. The molecule has 0 spiro atoms. The molecule has 2 aromatic rings. The third kappa shape index (κ3) is 3.88. The second-order valence-electron chi connectivity index (χ2n) is 5.07. The lowest BCUT2D eigenvalue weighted by atomic mass is 9.99. The van der Waals surface area contributed by atoms with Gasteiger partial charge >= 0.3 is 0 Å². The van der Waals surface area contributed by atoms with Crippen LogP contribution in [0.1, 0.15) is 43.0 Å². The second-order valence-corrected chi connectivity index (χ2v) is 5.92. The molecular formula is C16H22N2OS. The van der Waals surface area contributed by atoms with Crippen molar-refractivity contribution in [1.82, 2.24) is 4.98 Å². The molecule has 0 saturated carbocycles. The van der Waals surface area contributed by atoms with Gasteiger partial charge in [-0.05, 0) is 30.9 Å². The van der Waals surface area contributed by atoms with Crippen molar-refractivity contribution in [3.8, 4) is 10.4 Å². The Morgan fingerprint density at radius 2 is 1.95 bits per heavy atom. The van der Waals surface area contributed by atoms with Crippen LogP contribution in [0.15, 0.2) is 29.8 Å². The molecule has 0 aliphatic carbocycles. The SMILES string of the molecule is Cc1ncsc1-c1ccc([C@@H](N)CCCCCO)cc1. The van der Waals surface area contributed by atoms with Gasteiger partial charge in [-0.25, -0.2) is 4.98 Å². The maximum atomic E-state index is 8.76. The summed E-state index contributed by atoms with van der Waals surface area (Å²) in [5.74, 6) is 0. The van der Waals surface area contributed by atoms with E-state index in [1.165, 1.54) is 16.0 Å². The van der Waals surface area contributed by atoms with E-state index in [1.54, 1.807) is 11.3 Å². The number of aliphatic hydroxyl groups is 1. The van der Waals surface area contributed by atoms with Crippen LogP contribution in [-0.2, 0) is 0 Å². The Hall–Kier alpha value is -1.23. The number of thiazole rings is 1. The third-order valence-corrected chi connectivity index (χ3v) is 4.50. The molecule has 4 heteroatoms. The molecule has 20 heavy (non-hydrogen) atoms. The van der Waals surface area contributed by atoms with Gasteiger partial charge in [-0.15, -0.1) is 11.3 Å². The normalized spacial score (nSPS) is 12.6. The lowest BCUT2D eigenvalue weighted by Gasteiger charge is -2.12. The van der Waals surface area contributed by atoms with Crippen molar-refractivity contribution < 1.29 is 5.11 Å². The monoisotopic (exact) mass is 290 g/mol. The summed E-state index contributed by atoms with van der Waals surface area (Å²) in [6.07, 6.45) is 3.95. The van der Waals surface area contributed by atoms with Crippen LogP contribution in [-0.4, -0.2) is 16.7 Å². The van der Waals surface area contributed by atoms with E-state index in [0.717, 1.165) is 31.4 Å². The summed E-state index contributed by atoms with van der Waals surface area (Å²) in [5.41, 5.74) is 11.6. The van der Waals surface area contributed by atoms with Crippen molar-refractivity contribution in [2.75, 3.05) is 6.61 Å². The number of aliphatic hydroxyl groups excluding tert-OH is 1. The summed E-state index contributed by atoms with van der Waals surface area (Å²) in [6.45, 7) is 2.31. The van der Waals surface area contributed by atoms with E-state index < -0.39 is 0 Å². The maximum Gasteiger partial charge on any atom is 0.0801 e. The molecule has 108 valence electrons. The summed E-state index contributed by atoms with van der Waals surface area (Å²) in [4.78, 5) is 5.51. The number of nitrogens with zero attached hydrogens (tertiary/aromatic N) is 1. The van der Waals surface area contributed by atoms with Crippen LogP contribution in [0.3, 0.4) is 0 Å². The van der Waals surface area contributed by atoms with Gasteiger partial charge < -0.3 is 10.8 Å². The van der Waals surface area contributed by atoms with Crippen molar-refractivity contribution in [2.45, 2.75) is 38.6 Å². The number of hydrogen-bond donors (Lipinski definition) is 2. The Morgan fingerprint density at radius 1 is 1.20 bits per heavy atom. The zero-order valence-corrected chi connectivity index (χ0v) is 12.7. The molecule has 1 atom stereocenters. The highest BCUT2D eigenvalue weighted by atomic mass is 32.1. The molecule has 2 rings (SSSR count). The highest BCUT2D eigenvalue weighted by Gasteiger charge is 2.08. The second kappa shape index (κ2) is 7.53. The number of aryl methyl sites for hydroxylation is 1. The quantitative estimate of drug-likeness (QED) is 0.765.